The first-order valence-corrected chi connectivity index (χ1v) is 22.7. The van der Waals surface area contributed by atoms with Crippen LogP contribution in [-0.2, 0) is 0 Å². The Morgan fingerprint density at radius 2 is 0.833 bits per heavy atom. The highest BCUT2D eigenvalue weighted by atomic mass is 16.3. The highest BCUT2D eigenvalue weighted by Crippen LogP contribution is 2.43. The second kappa shape index (κ2) is 16.9. The Hall–Kier alpha value is -8.53. The lowest BCUT2D eigenvalue weighted by molar-refractivity contribution is 0.669. The van der Waals surface area contributed by atoms with Crippen molar-refractivity contribution >= 4 is 51.2 Å². The van der Waals surface area contributed by atoms with E-state index < -0.39 is 0 Å². The summed E-state index contributed by atoms with van der Waals surface area (Å²) in [6.07, 6.45) is 6.61. The number of fused-ring (bicyclic) bond motifs is 4. The summed E-state index contributed by atoms with van der Waals surface area (Å²) in [5, 5.41) is 4.52. The van der Waals surface area contributed by atoms with Crippen molar-refractivity contribution in [3.63, 3.8) is 0 Å². The Morgan fingerprint density at radius 1 is 0.348 bits per heavy atom. The molecule has 0 saturated heterocycles. The number of benzene rings is 9. The number of rotatable bonds is 9. The largest absolute Gasteiger partial charge is 0.456 e. The fourth-order valence-electron chi connectivity index (χ4n) is 9.53. The standard InChI is InChI=1S/C63H44N2O/c1-3-13-43(14-4-1)45-23-27-48(28-24-45)55-18-8-11-21-60(55)65(53-36-31-46(32-37-53)44-15-5-2-6-16-44)54-38-33-50(34-39-54)63-58(41-52-17-7-10-20-59(52)64-63)49-29-25-47(26-30-49)51-35-40-57-56-19-9-12-22-61(56)66-62(57)42-51/h1-6,8-9,11-42H,7,10H2. The van der Waals surface area contributed by atoms with Crippen molar-refractivity contribution in [3.05, 3.63) is 241 Å². The molecule has 66 heavy (non-hydrogen) atoms. The summed E-state index contributed by atoms with van der Waals surface area (Å²) in [5.74, 6) is 0. The zero-order valence-corrected chi connectivity index (χ0v) is 36.3. The number of para-hydroxylation sites is 2. The molecule has 12 rings (SSSR count). The molecule has 0 unspecified atom stereocenters. The van der Waals surface area contributed by atoms with Crippen LogP contribution in [0.15, 0.2) is 235 Å². The van der Waals surface area contributed by atoms with Crippen molar-refractivity contribution < 1.29 is 4.42 Å². The Labute approximate surface area is 384 Å². The van der Waals surface area contributed by atoms with E-state index in [0.717, 1.165) is 102 Å². The van der Waals surface area contributed by atoms with Crippen LogP contribution in [0.2, 0.25) is 0 Å². The van der Waals surface area contributed by atoms with E-state index in [0.29, 0.717) is 0 Å². The number of furan rings is 1. The van der Waals surface area contributed by atoms with Crippen LogP contribution in [-0.4, -0.2) is 4.98 Å². The topological polar surface area (TPSA) is 29.3 Å². The third kappa shape index (κ3) is 7.37. The maximum absolute atomic E-state index is 6.25. The number of pyridine rings is 1. The molecule has 0 fully saturated rings. The molecular weight excluding hydrogens is 801 g/mol. The summed E-state index contributed by atoms with van der Waals surface area (Å²) in [4.78, 5) is 7.77. The van der Waals surface area contributed by atoms with E-state index in [9.17, 15) is 0 Å². The second-order valence-corrected chi connectivity index (χ2v) is 17.0. The molecule has 1 aliphatic rings. The normalized spacial score (nSPS) is 12.1. The second-order valence-electron chi connectivity index (χ2n) is 17.0. The van der Waals surface area contributed by atoms with E-state index in [-0.39, 0.29) is 0 Å². The summed E-state index contributed by atoms with van der Waals surface area (Å²) in [7, 11) is 0. The summed E-state index contributed by atoms with van der Waals surface area (Å²) in [6.45, 7) is 0. The third-order valence-corrected chi connectivity index (χ3v) is 12.9. The fraction of sp³-hybridized carbons (Fsp3) is 0.0317. The van der Waals surface area contributed by atoms with Crippen LogP contribution in [0.5, 0.6) is 0 Å². The molecule has 0 N–H and O–H groups in total. The van der Waals surface area contributed by atoms with Gasteiger partial charge in [0.25, 0.3) is 0 Å². The Kier molecular flexibility index (Phi) is 10.00. The van der Waals surface area contributed by atoms with Gasteiger partial charge in [0.2, 0.25) is 0 Å². The molecule has 0 atom stereocenters. The number of anilines is 3. The molecule has 11 aromatic rings. The van der Waals surface area contributed by atoms with Crippen molar-refractivity contribution in [1.29, 1.82) is 0 Å². The van der Waals surface area contributed by atoms with Gasteiger partial charge in [0.05, 0.1) is 16.7 Å². The zero-order chi connectivity index (χ0) is 43.8. The highest BCUT2D eigenvalue weighted by Gasteiger charge is 2.19. The van der Waals surface area contributed by atoms with Gasteiger partial charge in [-0.1, -0.05) is 188 Å². The van der Waals surface area contributed by atoms with Gasteiger partial charge in [-0.05, 0) is 117 Å². The first-order valence-electron chi connectivity index (χ1n) is 22.7. The first kappa shape index (κ1) is 39.1. The van der Waals surface area contributed by atoms with Crippen LogP contribution in [0.25, 0.3) is 101 Å². The minimum Gasteiger partial charge on any atom is -0.456 e. The summed E-state index contributed by atoms with van der Waals surface area (Å²) in [5.41, 5.74) is 18.7. The number of nitrogens with zero attached hydrogens (tertiary/aromatic N) is 2. The Bertz CT molecular complexity index is 3650. The molecule has 0 saturated carbocycles. The van der Waals surface area contributed by atoms with Gasteiger partial charge in [0, 0.05) is 38.8 Å². The van der Waals surface area contributed by atoms with Crippen LogP contribution in [0.4, 0.5) is 17.1 Å². The van der Waals surface area contributed by atoms with Gasteiger partial charge >= 0.3 is 0 Å². The number of hydrogen-bond donors (Lipinski definition) is 0. The number of aromatic nitrogens is 1. The molecule has 0 amide bonds. The van der Waals surface area contributed by atoms with Gasteiger partial charge in [-0.3, -0.25) is 0 Å². The lowest BCUT2D eigenvalue weighted by atomic mass is 9.95. The van der Waals surface area contributed by atoms with Crippen molar-refractivity contribution in [1.82, 2.24) is 4.98 Å². The van der Waals surface area contributed by atoms with Gasteiger partial charge in [-0.25, -0.2) is 4.98 Å². The predicted octanol–water partition coefficient (Wildman–Crippen LogP) is 15.8. The molecule has 3 nitrogen and oxygen atoms in total. The summed E-state index contributed by atoms with van der Waals surface area (Å²) < 4.78 is 6.25. The molecule has 9 aromatic carbocycles. The van der Waals surface area contributed by atoms with Crippen LogP contribution in [0, 0.1) is 0 Å². The molecule has 312 valence electrons. The lowest BCUT2D eigenvalue weighted by Gasteiger charge is -2.28. The average Bonchev–Trinajstić information content (AvgIpc) is 3.78. The van der Waals surface area contributed by atoms with Crippen LogP contribution in [0.1, 0.15) is 12.8 Å². The SMILES string of the molecule is C1=c2cc(-c3ccc(-c4ccc5c(c4)oc4ccccc45)cc3)c(-c3ccc(N(c4ccc(-c5ccccc5)cc4)c4ccccc4-c4ccc(-c5ccccc5)cc4)cc3)nc2=CCC1. The molecule has 0 aliphatic heterocycles. The Morgan fingerprint density at radius 3 is 1.52 bits per heavy atom. The molecule has 0 spiro atoms. The van der Waals surface area contributed by atoms with Gasteiger partial charge in [0.1, 0.15) is 11.2 Å². The maximum Gasteiger partial charge on any atom is 0.136 e. The zero-order valence-electron chi connectivity index (χ0n) is 36.3. The predicted molar refractivity (Wildman–Crippen MR) is 276 cm³/mol. The van der Waals surface area contributed by atoms with E-state index in [2.05, 4.69) is 235 Å². The molecule has 3 heteroatoms. The van der Waals surface area contributed by atoms with Gasteiger partial charge in [-0.15, -0.1) is 0 Å². The fourth-order valence-corrected chi connectivity index (χ4v) is 9.53. The third-order valence-electron chi connectivity index (χ3n) is 12.9. The average molecular weight is 845 g/mol. The minimum atomic E-state index is 0.901. The highest BCUT2D eigenvalue weighted by molar-refractivity contribution is 6.06. The van der Waals surface area contributed by atoms with Crippen LogP contribution in [0.3, 0.4) is 0 Å². The molecule has 2 heterocycles. The Balaban J connectivity index is 0.930. The molecular formula is C63H44N2O. The van der Waals surface area contributed by atoms with E-state index in [1.54, 1.807) is 0 Å². The quantitative estimate of drug-likeness (QED) is 0.145. The van der Waals surface area contributed by atoms with Crippen LogP contribution < -0.4 is 15.5 Å². The molecule has 1 aliphatic carbocycles. The minimum absolute atomic E-state index is 0.901. The van der Waals surface area contributed by atoms with E-state index >= 15 is 0 Å². The van der Waals surface area contributed by atoms with E-state index in [1.807, 2.05) is 12.1 Å². The number of hydrogen-bond acceptors (Lipinski definition) is 3. The van der Waals surface area contributed by atoms with E-state index in [1.165, 1.54) is 27.5 Å². The van der Waals surface area contributed by atoms with Crippen molar-refractivity contribution in [2.75, 3.05) is 4.90 Å². The van der Waals surface area contributed by atoms with E-state index in [4.69, 9.17) is 9.40 Å². The molecule has 0 bridgehead atoms. The van der Waals surface area contributed by atoms with Crippen molar-refractivity contribution in [2.24, 2.45) is 0 Å². The van der Waals surface area contributed by atoms with Gasteiger partial charge < -0.3 is 9.32 Å². The molecule has 2 aromatic heterocycles. The van der Waals surface area contributed by atoms with Gasteiger partial charge in [0.15, 0.2) is 0 Å². The maximum atomic E-state index is 6.25. The lowest BCUT2D eigenvalue weighted by Crippen LogP contribution is -2.30. The van der Waals surface area contributed by atoms with Gasteiger partial charge in [-0.2, -0.15) is 0 Å². The van der Waals surface area contributed by atoms with Crippen molar-refractivity contribution in [2.45, 2.75) is 12.8 Å². The van der Waals surface area contributed by atoms with Crippen LogP contribution >= 0.6 is 0 Å². The summed E-state index contributed by atoms with van der Waals surface area (Å²) >= 11 is 0. The van der Waals surface area contributed by atoms with Crippen molar-refractivity contribution in [3.8, 4) is 66.9 Å². The summed E-state index contributed by atoms with van der Waals surface area (Å²) in [6, 6.07) is 82.7. The monoisotopic (exact) mass is 844 g/mol. The molecule has 0 radical (unpaired) electrons. The smallest absolute Gasteiger partial charge is 0.136 e. The first-order chi connectivity index (χ1) is 32.7.